The largest absolute Gasteiger partial charge is 0.454 e. The zero-order valence-electron chi connectivity index (χ0n) is 18.7. The van der Waals surface area contributed by atoms with E-state index in [-0.39, 0.29) is 30.3 Å². The second-order valence-electron chi connectivity index (χ2n) is 8.40. The fraction of sp³-hybridized carbons (Fsp3) is 0.360. The summed E-state index contributed by atoms with van der Waals surface area (Å²) in [6.45, 7) is 2.51. The highest BCUT2D eigenvalue weighted by Crippen LogP contribution is 2.33. The molecule has 0 aliphatic carbocycles. The van der Waals surface area contributed by atoms with Gasteiger partial charge in [-0.05, 0) is 36.6 Å². The number of benzene rings is 2. The van der Waals surface area contributed by atoms with Gasteiger partial charge < -0.3 is 23.9 Å². The van der Waals surface area contributed by atoms with Crippen LogP contribution in [0.2, 0.25) is 0 Å². The molecule has 9 heteroatoms. The van der Waals surface area contributed by atoms with Crippen molar-refractivity contribution in [1.29, 1.82) is 0 Å². The molecule has 1 saturated heterocycles. The maximum absolute atomic E-state index is 14.4. The van der Waals surface area contributed by atoms with Crippen molar-refractivity contribution in [2.75, 3.05) is 19.9 Å². The summed E-state index contributed by atoms with van der Waals surface area (Å²) in [5.74, 6) is 1.18. The molecule has 2 aliphatic heterocycles. The van der Waals surface area contributed by atoms with Crippen molar-refractivity contribution < 1.29 is 27.8 Å². The molecule has 3 aromatic rings. The number of carbonyl (C=O) groups is 1. The molecule has 178 valence electrons. The molecule has 1 unspecified atom stereocenters. The topological polar surface area (TPSA) is 86.1 Å². The lowest BCUT2D eigenvalue weighted by Crippen LogP contribution is -2.32. The summed E-state index contributed by atoms with van der Waals surface area (Å²) in [6, 6.07) is 12.4. The minimum Gasteiger partial charge on any atom is -0.454 e. The molecule has 1 N–H and O–H groups in total. The number of amides is 1. The summed E-state index contributed by atoms with van der Waals surface area (Å²) in [5, 5.41) is 2.84. The van der Waals surface area contributed by atoms with Crippen molar-refractivity contribution in [2.45, 2.75) is 38.6 Å². The molecule has 1 aromatic heterocycles. The fourth-order valence-electron chi connectivity index (χ4n) is 4.11. The normalized spacial score (nSPS) is 16.8. The molecule has 5 rings (SSSR count). The van der Waals surface area contributed by atoms with Gasteiger partial charge >= 0.3 is 0 Å². The number of nitrogens with zero attached hydrogens (tertiary/aromatic N) is 2. The van der Waals surface area contributed by atoms with Gasteiger partial charge in [-0.15, -0.1) is 0 Å². The Morgan fingerprint density at radius 2 is 2.00 bits per heavy atom. The number of hydrogen-bond donors (Lipinski definition) is 1. The summed E-state index contributed by atoms with van der Waals surface area (Å²) < 4.78 is 36.4. The van der Waals surface area contributed by atoms with Crippen LogP contribution in [0.4, 0.5) is 4.39 Å². The van der Waals surface area contributed by atoms with Crippen LogP contribution in [0.5, 0.6) is 11.5 Å². The van der Waals surface area contributed by atoms with E-state index >= 15 is 0 Å². The van der Waals surface area contributed by atoms with Crippen LogP contribution in [0.3, 0.4) is 0 Å². The van der Waals surface area contributed by atoms with Gasteiger partial charge in [-0.1, -0.05) is 24.3 Å². The Hall–Kier alpha value is -3.43. The Morgan fingerprint density at radius 1 is 1.12 bits per heavy atom. The predicted molar refractivity (Wildman–Crippen MR) is 120 cm³/mol. The SMILES string of the molecule is O=C(NCC1CCCO1)c1coc(CN(Cc2ccc3c(c2)OCO3)Cc2ccccc2F)n1. The Kier molecular flexibility index (Phi) is 6.73. The van der Waals surface area contributed by atoms with E-state index in [1.165, 1.54) is 12.3 Å². The van der Waals surface area contributed by atoms with Gasteiger partial charge in [0.15, 0.2) is 17.2 Å². The lowest BCUT2D eigenvalue weighted by Gasteiger charge is -2.21. The molecule has 34 heavy (non-hydrogen) atoms. The van der Waals surface area contributed by atoms with Gasteiger partial charge in [0.05, 0.1) is 12.6 Å². The predicted octanol–water partition coefficient (Wildman–Crippen LogP) is 3.65. The molecule has 1 atom stereocenters. The van der Waals surface area contributed by atoms with Crippen molar-refractivity contribution in [2.24, 2.45) is 0 Å². The third-order valence-electron chi connectivity index (χ3n) is 5.85. The first-order valence-corrected chi connectivity index (χ1v) is 11.3. The third-order valence-corrected chi connectivity index (χ3v) is 5.85. The first kappa shape index (κ1) is 22.4. The van der Waals surface area contributed by atoms with Crippen molar-refractivity contribution >= 4 is 5.91 Å². The highest BCUT2D eigenvalue weighted by Gasteiger charge is 2.20. The summed E-state index contributed by atoms with van der Waals surface area (Å²) in [5.41, 5.74) is 1.74. The van der Waals surface area contributed by atoms with E-state index < -0.39 is 0 Å². The van der Waals surface area contributed by atoms with Gasteiger partial charge in [-0.25, -0.2) is 9.37 Å². The van der Waals surface area contributed by atoms with Crippen LogP contribution >= 0.6 is 0 Å². The monoisotopic (exact) mass is 467 g/mol. The number of oxazole rings is 1. The average Bonchev–Trinajstić information content (AvgIpc) is 3.61. The molecule has 3 heterocycles. The van der Waals surface area contributed by atoms with Gasteiger partial charge in [-0.2, -0.15) is 0 Å². The zero-order chi connectivity index (χ0) is 23.3. The van der Waals surface area contributed by atoms with Crippen LogP contribution in [0.1, 0.15) is 40.3 Å². The van der Waals surface area contributed by atoms with E-state index in [4.69, 9.17) is 18.6 Å². The van der Waals surface area contributed by atoms with Crippen LogP contribution < -0.4 is 14.8 Å². The quantitative estimate of drug-likeness (QED) is 0.514. The summed E-state index contributed by atoms with van der Waals surface area (Å²) in [6.07, 6.45) is 3.35. The number of aromatic nitrogens is 1. The Labute approximate surface area is 196 Å². The highest BCUT2D eigenvalue weighted by molar-refractivity contribution is 5.91. The fourth-order valence-corrected chi connectivity index (χ4v) is 4.11. The molecule has 1 fully saturated rings. The number of fused-ring (bicyclic) bond motifs is 1. The van der Waals surface area contributed by atoms with Crippen molar-refractivity contribution in [1.82, 2.24) is 15.2 Å². The van der Waals surface area contributed by atoms with E-state index in [1.54, 1.807) is 18.2 Å². The van der Waals surface area contributed by atoms with Crippen LogP contribution in [0.25, 0.3) is 0 Å². The van der Waals surface area contributed by atoms with E-state index in [2.05, 4.69) is 10.3 Å². The lowest BCUT2D eigenvalue weighted by molar-refractivity contribution is 0.0853. The number of hydrogen-bond acceptors (Lipinski definition) is 7. The third kappa shape index (κ3) is 5.37. The van der Waals surface area contributed by atoms with Crippen LogP contribution in [0.15, 0.2) is 53.1 Å². The first-order chi connectivity index (χ1) is 16.6. The molecular formula is C25H26FN3O5. The van der Waals surface area contributed by atoms with Crippen LogP contribution in [-0.2, 0) is 24.4 Å². The van der Waals surface area contributed by atoms with E-state index in [0.717, 1.165) is 25.0 Å². The second-order valence-corrected chi connectivity index (χ2v) is 8.40. The number of halogens is 1. The molecule has 0 bridgehead atoms. The molecule has 0 radical (unpaired) electrons. The summed E-state index contributed by atoms with van der Waals surface area (Å²) in [7, 11) is 0. The van der Waals surface area contributed by atoms with Gasteiger partial charge in [0, 0.05) is 31.8 Å². The van der Waals surface area contributed by atoms with Crippen molar-refractivity contribution in [3.8, 4) is 11.5 Å². The zero-order valence-corrected chi connectivity index (χ0v) is 18.7. The van der Waals surface area contributed by atoms with Gasteiger partial charge in [0.2, 0.25) is 12.7 Å². The molecule has 2 aromatic carbocycles. The Morgan fingerprint density at radius 3 is 2.85 bits per heavy atom. The van der Waals surface area contributed by atoms with Gasteiger partial charge in [0.1, 0.15) is 12.1 Å². The average molecular weight is 467 g/mol. The van der Waals surface area contributed by atoms with Crippen LogP contribution in [0, 0.1) is 5.82 Å². The number of nitrogens with one attached hydrogen (secondary N) is 1. The summed E-state index contributed by atoms with van der Waals surface area (Å²) in [4.78, 5) is 18.8. The summed E-state index contributed by atoms with van der Waals surface area (Å²) >= 11 is 0. The maximum Gasteiger partial charge on any atom is 0.273 e. The number of rotatable bonds is 9. The molecule has 0 saturated carbocycles. The number of carbonyl (C=O) groups excluding carboxylic acids is 1. The highest BCUT2D eigenvalue weighted by atomic mass is 19.1. The Balaban J connectivity index is 1.28. The lowest BCUT2D eigenvalue weighted by atomic mass is 10.1. The van der Waals surface area contributed by atoms with Crippen molar-refractivity contribution in [3.63, 3.8) is 0 Å². The smallest absolute Gasteiger partial charge is 0.273 e. The molecule has 2 aliphatic rings. The standard InChI is InChI=1S/C25H26FN3O5/c26-20-6-2-1-4-18(20)13-29(12-17-7-8-22-23(10-17)34-16-33-22)14-24-28-21(15-32-24)25(30)27-11-19-5-3-9-31-19/h1-2,4,6-8,10,15,19H,3,5,9,11-14,16H2,(H,27,30). The maximum atomic E-state index is 14.4. The van der Waals surface area contributed by atoms with E-state index in [0.29, 0.717) is 49.1 Å². The molecule has 8 nitrogen and oxygen atoms in total. The minimum atomic E-state index is -0.304. The second kappa shape index (κ2) is 10.2. The first-order valence-electron chi connectivity index (χ1n) is 11.3. The van der Waals surface area contributed by atoms with E-state index in [1.807, 2.05) is 23.1 Å². The Bertz CT molecular complexity index is 1150. The van der Waals surface area contributed by atoms with Gasteiger partial charge in [0.25, 0.3) is 5.91 Å². The van der Waals surface area contributed by atoms with Gasteiger partial charge in [-0.3, -0.25) is 9.69 Å². The van der Waals surface area contributed by atoms with Crippen molar-refractivity contribution in [3.05, 3.63) is 77.3 Å². The molecule has 0 spiro atoms. The molecule has 1 amide bonds. The van der Waals surface area contributed by atoms with E-state index in [9.17, 15) is 9.18 Å². The minimum absolute atomic E-state index is 0.0493. The van der Waals surface area contributed by atoms with Crippen LogP contribution in [-0.4, -0.2) is 41.8 Å². The molecular weight excluding hydrogens is 441 g/mol. The number of ether oxygens (including phenoxy) is 3.